The van der Waals surface area contributed by atoms with Gasteiger partial charge in [0.15, 0.2) is 4.77 Å². The van der Waals surface area contributed by atoms with Crippen molar-refractivity contribution in [3.8, 4) is 0 Å². The molecule has 0 aromatic carbocycles. The van der Waals surface area contributed by atoms with Crippen molar-refractivity contribution in [3.05, 3.63) is 16.0 Å². The summed E-state index contributed by atoms with van der Waals surface area (Å²) in [6.45, 7) is 0.982. The zero-order valence-corrected chi connectivity index (χ0v) is 9.02. The summed E-state index contributed by atoms with van der Waals surface area (Å²) in [5, 5.41) is 3.23. The molecule has 70 valence electrons. The van der Waals surface area contributed by atoms with Crippen LogP contribution < -0.4 is 5.32 Å². The molecule has 1 aliphatic rings. The Morgan fingerprint density at radius 1 is 1.62 bits per heavy atom. The topological polar surface area (TPSA) is 40.7 Å². The molecule has 0 aliphatic carbocycles. The molecule has 0 spiro atoms. The van der Waals surface area contributed by atoms with E-state index in [1.54, 1.807) is 11.8 Å². The average Bonchev–Trinajstić information content (AvgIpc) is 2.52. The molecule has 0 radical (unpaired) electrons. The Balaban J connectivity index is 2.49. The first-order chi connectivity index (χ1) is 6.31. The van der Waals surface area contributed by atoms with Crippen molar-refractivity contribution >= 4 is 29.8 Å². The zero-order chi connectivity index (χ0) is 9.26. The monoisotopic (exact) mass is 213 g/mol. The molecule has 1 aromatic heterocycles. The largest absolute Gasteiger partial charge is 0.369 e. The van der Waals surface area contributed by atoms with Crippen LogP contribution in [0.15, 0.2) is 0 Å². The lowest BCUT2D eigenvalue weighted by molar-refractivity contribution is 1.02. The van der Waals surface area contributed by atoms with Crippen LogP contribution in [-0.2, 0) is 12.2 Å². The molecule has 0 fully saturated rings. The maximum atomic E-state index is 5.04. The maximum Gasteiger partial charge on any atom is 0.198 e. The number of anilines is 1. The van der Waals surface area contributed by atoms with Gasteiger partial charge in [0.1, 0.15) is 5.82 Å². The van der Waals surface area contributed by atoms with Crippen molar-refractivity contribution in [2.75, 3.05) is 18.1 Å². The number of nitrogens with one attached hydrogen (secondary N) is 2. The van der Waals surface area contributed by atoms with Gasteiger partial charge in [0, 0.05) is 23.6 Å². The number of thioether (sulfide) groups is 1. The second kappa shape index (κ2) is 3.67. The molecule has 0 atom stereocenters. The van der Waals surface area contributed by atoms with E-state index in [9.17, 15) is 0 Å². The van der Waals surface area contributed by atoms with E-state index in [-0.39, 0.29) is 0 Å². The number of H-pyrrole nitrogens is 1. The van der Waals surface area contributed by atoms with E-state index in [2.05, 4.69) is 21.5 Å². The highest BCUT2D eigenvalue weighted by Gasteiger charge is 2.15. The number of aromatic amines is 1. The number of fused-ring (bicyclic) bond motifs is 1. The van der Waals surface area contributed by atoms with Crippen LogP contribution in [0.2, 0.25) is 0 Å². The molecule has 2 rings (SSSR count). The Labute approximate surface area is 86.4 Å². The molecule has 0 unspecified atom stereocenters. The highest BCUT2D eigenvalue weighted by Crippen LogP contribution is 2.23. The van der Waals surface area contributed by atoms with Crippen LogP contribution in [0.25, 0.3) is 0 Å². The van der Waals surface area contributed by atoms with Crippen molar-refractivity contribution < 1.29 is 0 Å². The molecule has 13 heavy (non-hydrogen) atoms. The SMILES string of the molecule is CSCc1[nH]c(=S)nc2c1CCN2. The first-order valence-corrected chi connectivity index (χ1v) is 5.96. The van der Waals surface area contributed by atoms with E-state index >= 15 is 0 Å². The molecule has 0 saturated heterocycles. The molecule has 0 amide bonds. The lowest BCUT2D eigenvalue weighted by atomic mass is 10.2. The molecule has 5 heteroatoms. The molecule has 2 N–H and O–H groups in total. The molecular weight excluding hydrogens is 202 g/mol. The average molecular weight is 213 g/mol. The molecule has 3 nitrogen and oxygen atoms in total. The van der Waals surface area contributed by atoms with Gasteiger partial charge in [-0.3, -0.25) is 0 Å². The third kappa shape index (κ3) is 1.71. The van der Waals surface area contributed by atoms with E-state index < -0.39 is 0 Å². The highest BCUT2D eigenvalue weighted by atomic mass is 32.2. The Bertz CT molecular complexity index is 372. The summed E-state index contributed by atoms with van der Waals surface area (Å²) >= 11 is 6.84. The first-order valence-electron chi connectivity index (χ1n) is 4.16. The van der Waals surface area contributed by atoms with E-state index in [0.717, 1.165) is 24.5 Å². The summed E-state index contributed by atoms with van der Waals surface area (Å²) in [6.07, 6.45) is 3.15. The summed E-state index contributed by atoms with van der Waals surface area (Å²) in [6, 6.07) is 0. The minimum Gasteiger partial charge on any atom is -0.369 e. The van der Waals surface area contributed by atoms with Crippen molar-refractivity contribution in [1.29, 1.82) is 0 Å². The number of aromatic nitrogens is 2. The zero-order valence-electron chi connectivity index (χ0n) is 7.39. The van der Waals surface area contributed by atoms with Gasteiger partial charge in [-0.15, -0.1) is 0 Å². The van der Waals surface area contributed by atoms with Crippen LogP contribution in [0.5, 0.6) is 0 Å². The van der Waals surface area contributed by atoms with Gasteiger partial charge < -0.3 is 10.3 Å². The third-order valence-corrected chi connectivity index (χ3v) is 2.85. The Morgan fingerprint density at radius 3 is 3.23 bits per heavy atom. The van der Waals surface area contributed by atoms with Crippen LogP contribution in [0.4, 0.5) is 5.82 Å². The van der Waals surface area contributed by atoms with Crippen LogP contribution in [-0.4, -0.2) is 22.8 Å². The smallest absolute Gasteiger partial charge is 0.198 e. The summed E-state index contributed by atoms with van der Waals surface area (Å²) in [7, 11) is 0. The minimum atomic E-state index is 0.581. The van der Waals surface area contributed by atoms with Gasteiger partial charge in [-0.1, -0.05) is 0 Å². The van der Waals surface area contributed by atoms with Gasteiger partial charge in [0.2, 0.25) is 0 Å². The van der Waals surface area contributed by atoms with Crippen LogP contribution in [0.3, 0.4) is 0 Å². The summed E-state index contributed by atoms with van der Waals surface area (Å²) in [5.41, 5.74) is 2.54. The second-order valence-corrected chi connectivity index (χ2v) is 4.21. The van der Waals surface area contributed by atoms with E-state index in [1.807, 2.05) is 0 Å². The van der Waals surface area contributed by atoms with Crippen molar-refractivity contribution in [3.63, 3.8) is 0 Å². The molecule has 0 bridgehead atoms. The minimum absolute atomic E-state index is 0.581. The lowest BCUT2D eigenvalue weighted by Gasteiger charge is -2.05. The van der Waals surface area contributed by atoms with E-state index in [1.165, 1.54) is 11.3 Å². The van der Waals surface area contributed by atoms with Gasteiger partial charge in [-0.2, -0.15) is 11.8 Å². The normalized spacial score (nSPS) is 13.9. The number of hydrogen-bond donors (Lipinski definition) is 2. The summed E-state index contributed by atoms with van der Waals surface area (Å²) in [4.78, 5) is 7.39. The van der Waals surface area contributed by atoms with Gasteiger partial charge in [-0.25, -0.2) is 4.98 Å². The Hall–Kier alpha value is -0.550. The van der Waals surface area contributed by atoms with E-state index in [0.29, 0.717) is 4.77 Å². The number of nitrogens with zero attached hydrogens (tertiary/aromatic N) is 1. The summed E-state index contributed by atoms with van der Waals surface area (Å²) < 4.78 is 0.581. The standard InChI is InChI=1S/C8H11N3S2/c1-13-4-6-5-2-3-9-7(5)11-8(12)10-6/h2-4H2,1H3,(H2,9,10,11,12). The van der Waals surface area contributed by atoms with Gasteiger partial charge in [-0.05, 0) is 24.9 Å². The molecular formula is C8H11N3S2. The third-order valence-electron chi connectivity index (χ3n) is 2.08. The van der Waals surface area contributed by atoms with Crippen molar-refractivity contribution in [2.24, 2.45) is 0 Å². The molecule has 2 heterocycles. The molecule has 1 aromatic rings. The Kier molecular flexibility index (Phi) is 2.55. The predicted octanol–water partition coefficient (Wildman–Crippen LogP) is 1.97. The second-order valence-electron chi connectivity index (χ2n) is 2.96. The van der Waals surface area contributed by atoms with Gasteiger partial charge >= 0.3 is 0 Å². The van der Waals surface area contributed by atoms with Crippen LogP contribution in [0, 0.1) is 4.77 Å². The predicted molar refractivity (Wildman–Crippen MR) is 58.8 cm³/mol. The quantitative estimate of drug-likeness (QED) is 0.737. The van der Waals surface area contributed by atoms with E-state index in [4.69, 9.17) is 12.2 Å². The molecule has 0 saturated carbocycles. The lowest BCUT2D eigenvalue weighted by Crippen LogP contribution is -1.97. The fraction of sp³-hybridized carbons (Fsp3) is 0.500. The van der Waals surface area contributed by atoms with Crippen LogP contribution >= 0.6 is 24.0 Å². The van der Waals surface area contributed by atoms with Gasteiger partial charge in [0.05, 0.1) is 0 Å². The van der Waals surface area contributed by atoms with Crippen molar-refractivity contribution in [1.82, 2.24) is 9.97 Å². The first kappa shape index (κ1) is 9.02. The Morgan fingerprint density at radius 2 is 2.46 bits per heavy atom. The van der Waals surface area contributed by atoms with Gasteiger partial charge in [0.25, 0.3) is 0 Å². The number of hydrogen-bond acceptors (Lipinski definition) is 4. The fourth-order valence-electron chi connectivity index (χ4n) is 1.53. The molecule has 1 aliphatic heterocycles. The van der Waals surface area contributed by atoms with Crippen molar-refractivity contribution in [2.45, 2.75) is 12.2 Å². The highest BCUT2D eigenvalue weighted by molar-refractivity contribution is 7.97. The summed E-state index contributed by atoms with van der Waals surface area (Å²) in [5.74, 6) is 1.96. The number of rotatable bonds is 2. The maximum absolute atomic E-state index is 5.04. The van der Waals surface area contributed by atoms with Crippen LogP contribution in [0.1, 0.15) is 11.3 Å². The fourth-order valence-corrected chi connectivity index (χ4v) is 2.28.